The van der Waals surface area contributed by atoms with Crippen molar-refractivity contribution < 1.29 is 81.1 Å². The van der Waals surface area contributed by atoms with Gasteiger partial charge in [-0.3, -0.25) is 9.59 Å². The van der Waals surface area contributed by atoms with Gasteiger partial charge in [0.1, 0.15) is 17.5 Å². The fraction of sp³-hybridized carbons (Fsp3) is 0.625. The molecule has 259 valence electrons. The van der Waals surface area contributed by atoms with Crippen LogP contribution in [0.25, 0.3) is 0 Å². The number of halogens is 1. The number of carbonyl (C=O) groups is 2. The van der Waals surface area contributed by atoms with E-state index in [0.717, 1.165) is 5.56 Å². The molecule has 46 heavy (non-hydrogen) atoms. The first-order valence-electron chi connectivity index (χ1n) is 15.1. The second-order valence-corrected chi connectivity index (χ2v) is 11.4. The summed E-state index contributed by atoms with van der Waals surface area (Å²) in [5, 5.41) is 14.9. The van der Waals surface area contributed by atoms with Gasteiger partial charge in [-0.05, 0) is 23.1 Å². The van der Waals surface area contributed by atoms with Crippen LogP contribution in [-0.4, -0.2) is 115 Å². The molecule has 0 aliphatic carbocycles. The van der Waals surface area contributed by atoms with E-state index in [0.29, 0.717) is 66.0 Å². The third-order valence-corrected chi connectivity index (χ3v) is 6.65. The number of amides is 3. The molecule has 0 saturated carbocycles. The number of hydrogen-bond donors (Lipinski definition) is 2. The van der Waals surface area contributed by atoms with Crippen molar-refractivity contribution in [2.75, 3.05) is 92.2 Å². The molecule has 14 heteroatoms. The molecule has 1 radical (unpaired) electrons. The zero-order valence-electron chi connectivity index (χ0n) is 26.8. The number of nitrogens with one attached hydrogen (secondary N) is 2. The molecular weight excluding hydrogens is 746 g/mol. The van der Waals surface area contributed by atoms with E-state index in [9.17, 15) is 24.0 Å². The van der Waals surface area contributed by atoms with Crippen LogP contribution < -0.4 is 10.6 Å². The molecule has 1 aliphatic heterocycles. The van der Waals surface area contributed by atoms with Crippen molar-refractivity contribution in [1.29, 1.82) is 5.26 Å². The van der Waals surface area contributed by atoms with Crippen molar-refractivity contribution in [2.24, 2.45) is 11.3 Å². The number of carbonyl (C=O) groups excluding carboxylic acids is 3. The quantitative estimate of drug-likeness (QED) is 0.0589. The molecular formula is C32H46FN4O8Tb-. The van der Waals surface area contributed by atoms with Crippen molar-refractivity contribution >= 4 is 18.2 Å². The molecule has 1 aliphatic rings. The van der Waals surface area contributed by atoms with Gasteiger partial charge in [-0.1, -0.05) is 39.0 Å². The number of ether oxygens (including phenoxy) is 5. The van der Waals surface area contributed by atoms with E-state index in [-0.39, 0.29) is 93.5 Å². The molecule has 3 amide bonds. The molecule has 1 heterocycles. The largest absolute Gasteiger partial charge is 0.528 e. The van der Waals surface area contributed by atoms with Crippen LogP contribution in [0, 0.1) is 67.1 Å². The zero-order valence-corrected chi connectivity index (χ0v) is 29.0. The fourth-order valence-corrected chi connectivity index (χ4v) is 4.56. The summed E-state index contributed by atoms with van der Waals surface area (Å²) in [5.74, 6) is -1.95. The van der Waals surface area contributed by atoms with E-state index in [1.165, 1.54) is 17.0 Å². The van der Waals surface area contributed by atoms with Crippen LogP contribution in [0.15, 0.2) is 35.9 Å². The second-order valence-electron chi connectivity index (χ2n) is 11.4. The van der Waals surface area contributed by atoms with Gasteiger partial charge in [0, 0.05) is 70.7 Å². The summed E-state index contributed by atoms with van der Waals surface area (Å²) >= 11 is 0. The number of likely N-dealkylation sites (tertiary alicyclic amines) is 1. The van der Waals surface area contributed by atoms with Crippen LogP contribution >= 0.6 is 0 Å². The van der Waals surface area contributed by atoms with Crippen molar-refractivity contribution in [1.82, 2.24) is 15.5 Å². The topological polar surface area (TPSA) is 148 Å². The Labute approximate surface area is 302 Å². The van der Waals surface area contributed by atoms with Gasteiger partial charge in [0.15, 0.2) is 0 Å². The molecule has 2 N–H and O–H groups in total. The van der Waals surface area contributed by atoms with Gasteiger partial charge in [0.25, 0.3) is 5.91 Å². The van der Waals surface area contributed by atoms with Crippen LogP contribution in [0.5, 0.6) is 0 Å². The summed E-state index contributed by atoms with van der Waals surface area (Å²) in [5.41, 5.74) is 0.423. The minimum absolute atomic E-state index is 0. The Morgan fingerprint density at radius 1 is 0.913 bits per heavy atom. The summed E-state index contributed by atoms with van der Waals surface area (Å²) in [6.45, 7) is 10.8. The maximum atomic E-state index is 13.6. The molecule has 1 saturated heterocycles. The predicted molar refractivity (Wildman–Crippen MR) is 163 cm³/mol. The Morgan fingerprint density at radius 3 is 1.89 bits per heavy atom. The molecule has 1 aromatic rings. The Balaban J connectivity index is 0.0000106. The third-order valence-electron chi connectivity index (χ3n) is 6.65. The molecule has 0 bridgehead atoms. The maximum Gasteiger partial charge on any atom is 0.264 e. The molecule has 2 rings (SSSR count). The van der Waals surface area contributed by atoms with E-state index >= 15 is 0 Å². The monoisotopic (exact) mass is 792 g/mol. The SMILES string of the molecule is CC(C)(C)/C=C(\C#N)C(=O)N1C[C@@H](C(=O)NCCOCCOCCOCCOCCOCCN[C-]=O)[C@H](c2ccc(F)cc2)C1.[Tb]. The fourth-order valence-electron chi connectivity index (χ4n) is 4.56. The van der Waals surface area contributed by atoms with Gasteiger partial charge in [-0.15, -0.1) is 0 Å². The molecule has 12 nitrogen and oxygen atoms in total. The maximum absolute atomic E-state index is 13.6. The third kappa shape index (κ3) is 17.1. The first-order valence-corrected chi connectivity index (χ1v) is 15.1. The van der Waals surface area contributed by atoms with E-state index in [2.05, 4.69) is 10.6 Å². The number of nitriles is 1. The van der Waals surface area contributed by atoms with Crippen molar-refractivity contribution in [3.8, 4) is 6.07 Å². The smallest absolute Gasteiger partial charge is 0.264 e. The normalized spacial score (nSPS) is 16.4. The molecule has 2 atom stereocenters. The van der Waals surface area contributed by atoms with Crippen molar-refractivity contribution in [2.45, 2.75) is 26.7 Å². The van der Waals surface area contributed by atoms with Gasteiger partial charge in [-0.2, -0.15) is 11.7 Å². The van der Waals surface area contributed by atoms with Crippen LogP contribution in [0.4, 0.5) is 4.39 Å². The van der Waals surface area contributed by atoms with Gasteiger partial charge >= 0.3 is 0 Å². The number of nitrogens with zero attached hydrogens (tertiary/aromatic N) is 2. The average molecular weight is 793 g/mol. The Morgan fingerprint density at radius 2 is 1.41 bits per heavy atom. The average Bonchev–Trinajstić information content (AvgIpc) is 3.46. The predicted octanol–water partition coefficient (Wildman–Crippen LogP) is 1.72. The minimum Gasteiger partial charge on any atom is -0.528 e. The summed E-state index contributed by atoms with van der Waals surface area (Å²) in [7, 11) is 0. The van der Waals surface area contributed by atoms with Gasteiger partial charge in [-0.25, -0.2) is 4.39 Å². The summed E-state index contributed by atoms with van der Waals surface area (Å²) in [6.07, 6.45) is 3.21. The molecule has 1 aromatic carbocycles. The Kier molecular flexibility index (Phi) is 21.9. The van der Waals surface area contributed by atoms with Crippen LogP contribution in [0.3, 0.4) is 0 Å². The van der Waals surface area contributed by atoms with Gasteiger partial charge in [0.05, 0.1) is 72.0 Å². The number of hydrogen-bond acceptors (Lipinski definition) is 9. The first-order chi connectivity index (χ1) is 21.7. The minimum atomic E-state index is -0.563. The first kappa shape index (κ1) is 41.9. The van der Waals surface area contributed by atoms with Crippen LogP contribution in [-0.2, 0) is 38.1 Å². The van der Waals surface area contributed by atoms with E-state index < -0.39 is 11.8 Å². The Bertz CT molecular complexity index is 1110. The molecule has 0 unspecified atom stereocenters. The summed E-state index contributed by atoms with van der Waals surface area (Å²) in [4.78, 5) is 37.9. The molecule has 0 spiro atoms. The zero-order chi connectivity index (χ0) is 32.9. The second kappa shape index (κ2) is 24.1. The number of allylic oxidation sites excluding steroid dienone is 1. The van der Waals surface area contributed by atoms with Crippen LogP contribution in [0.1, 0.15) is 32.3 Å². The Hall–Kier alpha value is -2.12. The van der Waals surface area contributed by atoms with Crippen molar-refractivity contribution in [3.63, 3.8) is 0 Å². The van der Waals surface area contributed by atoms with Gasteiger partial charge < -0.3 is 44.0 Å². The molecule has 1 fully saturated rings. The van der Waals surface area contributed by atoms with Gasteiger partial charge in [0.2, 0.25) is 5.91 Å². The number of benzene rings is 1. The van der Waals surface area contributed by atoms with E-state index in [1.807, 2.05) is 26.8 Å². The number of rotatable bonds is 22. The summed E-state index contributed by atoms with van der Waals surface area (Å²) < 4.78 is 40.6. The summed E-state index contributed by atoms with van der Waals surface area (Å²) in [6, 6.07) is 7.93. The van der Waals surface area contributed by atoms with Crippen molar-refractivity contribution in [3.05, 3.63) is 47.3 Å². The van der Waals surface area contributed by atoms with Crippen LogP contribution in [0.2, 0.25) is 0 Å². The standard InChI is InChI=1S/C32H46FN4O8.Tb/c1-32(2,3)20-26(21-34)31(40)37-22-28(25-4-6-27(33)7-5-25)29(23-37)30(39)36-9-11-42-13-15-44-17-19-45-18-16-43-14-12-41-10-8-35-24-38;/h4-7,20,28-29H,8-19,22-23H2,1-3H3,(H,35,38)(H,36,39);/q-1;/b26-20+;/t28-,29+;/m0./s1. The van der Waals surface area contributed by atoms with E-state index in [1.54, 1.807) is 24.6 Å². The molecule has 0 aromatic heterocycles. The van der Waals surface area contributed by atoms with E-state index in [4.69, 9.17) is 23.7 Å².